The smallest absolute Gasteiger partial charge is 0.243 e. The zero-order valence-electron chi connectivity index (χ0n) is 17.4. The van der Waals surface area contributed by atoms with Crippen LogP contribution in [0, 0.1) is 6.92 Å². The average Bonchev–Trinajstić information content (AvgIpc) is 2.53. The van der Waals surface area contributed by atoms with Gasteiger partial charge in [-0.25, -0.2) is 0 Å². The van der Waals surface area contributed by atoms with Gasteiger partial charge >= 0.3 is 0 Å². The van der Waals surface area contributed by atoms with E-state index in [0.717, 1.165) is 5.56 Å². The number of nitrogens with one attached hydrogen (secondary N) is 2. The van der Waals surface area contributed by atoms with Crippen molar-refractivity contribution in [3.8, 4) is 0 Å². The second-order valence-corrected chi connectivity index (χ2v) is 8.00. The van der Waals surface area contributed by atoms with Gasteiger partial charge in [-0.05, 0) is 53.8 Å². The van der Waals surface area contributed by atoms with Crippen LogP contribution >= 0.6 is 0 Å². The number of benzene rings is 1. The van der Waals surface area contributed by atoms with Gasteiger partial charge in [-0.1, -0.05) is 17.7 Å². The van der Waals surface area contributed by atoms with Crippen LogP contribution in [-0.4, -0.2) is 66.3 Å². The SMILES string of the molecule is Cc1ccc(NC(=O)CN(C)C(=O)[C@@H](C)N(C)CC(=O)NC(C)(C)C)cc1. The Morgan fingerprint density at radius 2 is 1.56 bits per heavy atom. The maximum Gasteiger partial charge on any atom is 0.243 e. The molecule has 0 heterocycles. The molecule has 0 bridgehead atoms. The molecule has 1 atom stereocenters. The van der Waals surface area contributed by atoms with E-state index >= 15 is 0 Å². The fraction of sp³-hybridized carbons (Fsp3) is 0.550. The van der Waals surface area contributed by atoms with Crippen LogP contribution in [0.1, 0.15) is 33.3 Å². The summed E-state index contributed by atoms with van der Waals surface area (Å²) in [6.07, 6.45) is 0. The molecule has 150 valence electrons. The third kappa shape index (κ3) is 8.21. The minimum absolute atomic E-state index is 0.0565. The Labute approximate surface area is 162 Å². The minimum atomic E-state index is -0.520. The van der Waals surface area contributed by atoms with E-state index in [4.69, 9.17) is 0 Å². The fourth-order valence-corrected chi connectivity index (χ4v) is 2.46. The lowest BCUT2D eigenvalue weighted by molar-refractivity contribution is -0.138. The third-order valence-electron chi connectivity index (χ3n) is 4.02. The molecule has 0 saturated heterocycles. The lowest BCUT2D eigenvalue weighted by Gasteiger charge is -2.29. The van der Waals surface area contributed by atoms with Crippen molar-refractivity contribution >= 4 is 23.4 Å². The first-order valence-corrected chi connectivity index (χ1v) is 9.02. The van der Waals surface area contributed by atoms with Gasteiger partial charge in [0.2, 0.25) is 17.7 Å². The number of amides is 3. The standard InChI is InChI=1S/C20H32N4O3/c1-14-8-10-16(11-9-14)21-17(25)12-24(7)19(27)15(2)23(6)13-18(26)22-20(3,4)5/h8-11,15H,12-13H2,1-7H3,(H,21,25)(H,22,26)/t15-/m1/s1. The van der Waals surface area contributed by atoms with Crippen LogP contribution in [0.15, 0.2) is 24.3 Å². The summed E-state index contributed by atoms with van der Waals surface area (Å²) < 4.78 is 0. The van der Waals surface area contributed by atoms with Crippen LogP contribution in [0.4, 0.5) is 5.69 Å². The van der Waals surface area contributed by atoms with E-state index in [-0.39, 0.29) is 36.3 Å². The van der Waals surface area contributed by atoms with E-state index < -0.39 is 6.04 Å². The summed E-state index contributed by atoms with van der Waals surface area (Å²) in [5.74, 6) is -0.639. The number of aryl methyl sites for hydroxylation is 1. The van der Waals surface area contributed by atoms with E-state index in [1.54, 1.807) is 25.9 Å². The van der Waals surface area contributed by atoms with E-state index in [1.807, 2.05) is 52.0 Å². The summed E-state index contributed by atoms with van der Waals surface area (Å²) in [5.41, 5.74) is 1.47. The monoisotopic (exact) mass is 376 g/mol. The largest absolute Gasteiger partial charge is 0.350 e. The van der Waals surface area contributed by atoms with Gasteiger partial charge in [-0.15, -0.1) is 0 Å². The normalized spacial score (nSPS) is 12.4. The van der Waals surface area contributed by atoms with Crippen molar-refractivity contribution in [3.05, 3.63) is 29.8 Å². The number of carbonyl (C=O) groups is 3. The Morgan fingerprint density at radius 3 is 2.07 bits per heavy atom. The quantitative estimate of drug-likeness (QED) is 0.758. The van der Waals surface area contributed by atoms with Crippen molar-refractivity contribution in [1.29, 1.82) is 0 Å². The number of rotatable bonds is 7. The molecule has 0 aliphatic heterocycles. The van der Waals surface area contributed by atoms with E-state index in [2.05, 4.69) is 10.6 Å². The van der Waals surface area contributed by atoms with Gasteiger partial charge in [0.1, 0.15) is 0 Å². The molecule has 3 amide bonds. The molecule has 7 heteroatoms. The molecule has 0 unspecified atom stereocenters. The van der Waals surface area contributed by atoms with Crippen LogP contribution in [0.25, 0.3) is 0 Å². The summed E-state index contributed by atoms with van der Waals surface area (Å²) in [5, 5.41) is 5.64. The van der Waals surface area contributed by atoms with Gasteiger partial charge in [0.05, 0.1) is 19.1 Å². The number of hydrogen-bond acceptors (Lipinski definition) is 4. The molecular formula is C20H32N4O3. The van der Waals surface area contributed by atoms with Crippen LogP contribution in [0.2, 0.25) is 0 Å². The molecule has 0 aliphatic rings. The Bertz CT molecular complexity index is 665. The summed E-state index contributed by atoms with van der Waals surface area (Å²) in [6.45, 7) is 9.45. The predicted octanol–water partition coefficient (Wildman–Crippen LogP) is 1.63. The molecule has 0 spiro atoms. The molecule has 1 rings (SSSR count). The first kappa shape index (κ1) is 22.6. The second-order valence-electron chi connectivity index (χ2n) is 8.00. The lowest BCUT2D eigenvalue weighted by Crippen LogP contribution is -2.51. The molecule has 7 nitrogen and oxygen atoms in total. The maximum atomic E-state index is 12.6. The number of carbonyl (C=O) groups excluding carboxylic acids is 3. The van der Waals surface area contributed by atoms with Crippen LogP contribution in [0.3, 0.4) is 0 Å². The number of likely N-dealkylation sites (N-methyl/N-ethyl adjacent to an activating group) is 2. The van der Waals surface area contributed by atoms with Crippen molar-refractivity contribution < 1.29 is 14.4 Å². The molecule has 1 aromatic rings. The van der Waals surface area contributed by atoms with Crippen molar-refractivity contribution in [1.82, 2.24) is 15.1 Å². The summed E-state index contributed by atoms with van der Waals surface area (Å²) in [7, 11) is 3.29. The Balaban J connectivity index is 2.54. The summed E-state index contributed by atoms with van der Waals surface area (Å²) in [4.78, 5) is 39.8. The molecule has 1 aromatic carbocycles. The Morgan fingerprint density at radius 1 is 1.00 bits per heavy atom. The molecule has 0 fully saturated rings. The molecule has 27 heavy (non-hydrogen) atoms. The molecule has 0 saturated carbocycles. The van der Waals surface area contributed by atoms with Crippen molar-refractivity contribution in [2.24, 2.45) is 0 Å². The Kier molecular flexibility index (Phi) is 7.97. The summed E-state index contributed by atoms with van der Waals surface area (Å²) >= 11 is 0. The van der Waals surface area contributed by atoms with Crippen molar-refractivity contribution in [2.45, 2.75) is 46.2 Å². The third-order valence-corrected chi connectivity index (χ3v) is 4.02. The van der Waals surface area contributed by atoms with Gasteiger partial charge in [0.15, 0.2) is 0 Å². The van der Waals surface area contributed by atoms with Gasteiger partial charge in [-0.2, -0.15) is 0 Å². The molecule has 2 N–H and O–H groups in total. The lowest BCUT2D eigenvalue weighted by atomic mass is 10.1. The zero-order valence-corrected chi connectivity index (χ0v) is 17.4. The second kappa shape index (κ2) is 9.50. The fourth-order valence-electron chi connectivity index (χ4n) is 2.46. The van der Waals surface area contributed by atoms with E-state index in [1.165, 1.54) is 4.90 Å². The van der Waals surface area contributed by atoms with Gasteiger partial charge < -0.3 is 15.5 Å². The van der Waals surface area contributed by atoms with Crippen LogP contribution < -0.4 is 10.6 Å². The topological polar surface area (TPSA) is 81.8 Å². The zero-order chi connectivity index (χ0) is 20.8. The molecular weight excluding hydrogens is 344 g/mol. The highest BCUT2D eigenvalue weighted by atomic mass is 16.2. The van der Waals surface area contributed by atoms with Gasteiger partial charge in [-0.3, -0.25) is 19.3 Å². The van der Waals surface area contributed by atoms with Crippen molar-refractivity contribution in [2.75, 3.05) is 32.5 Å². The first-order chi connectivity index (χ1) is 12.4. The van der Waals surface area contributed by atoms with E-state index in [9.17, 15) is 14.4 Å². The highest BCUT2D eigenvalue weighted by Gasteiger charge is 2.25. The highest BCUT2D eigenvalue weighted by Crippen LogP contribution is 2.09. The minimum Gasteiger partial charge on any atom is -0.350 e. The molecule has 0 aromatic heterocycles. The van der Waals surface area contributed by atoms with E-state index in [0.29, 0.717) is 5.69 Å². The van der Waals surface area contributed by atoms with Crippen LogP contribution in [-0.2, 0) is 14.4 Å². The Hall–Kier alpha value is -2.41. The summed E-state index contributed by atoms with van der Waals surface area (Å²) in [6, 6.07) is 6.93. The molecule has 0 aliphatic carbocycles. The highest BCUT2D eigenvalue weighted by molar-refractivity contribution is 5.95. The van der Waals surface area contributed by atoms with Crippen LogP contribution in [0.5, 0.6) is 0 Å². The first-order valence-electron chi connectivity index (χ1n) is 9.02. The van der Waals surface area contributed by atoms with Crippen molar-refractivity contribution in [3.63, 3.8) is 0 Å². The van der Waals surface area contributed by atoms with Gasteiger partial charge in [0, 0.05) is 18.3 Å². The van der Waals surface area contributed by atoms with Gasteiger partial charge in [0.25, 0.3) is 0 Å². The number of anilines is 1. The average molecular weight is 377 g/mol. The maximum absolute atomic E-state index is 12.6. The number of hydrogen-bond donors (Lipinski definition) is 2. The predicted molar refractivity (Wildman–Crippen MR) is 107 cm³/mol. The number of nitrogens with zero attached hydrogens (tertiary/aromatic N) is 2. The molecule has 0 radical (unpaired) electrons.